The van der Waals surface area contributed by atoms with E-state index < -0.39 is 0 Å². The molecule has 0 spiro atoms. The van der Waals surface area contributed by atoms with Gasteiger partial charge in [-0.25, -0.2) is 4.98 Å². The third-order valence-corrected chi connectivity index (χ3v) is 2.38. The minimum atomic E-state index is 0.925. The summed E-state index contributed by atoms with van der Waals surface area (Å²) in [4.78, 5) is 4.17. The highest BCUT2D eigenvalue weighted by atomic mass is 15.3. The molecule has 1 N–H and O–H groups in total. The quantitative estimate of drug-likeness (QED) is 0.662. The van der Waals surface area contributed by atoms with Crippen LogP contribution in [-0.2, 0) is 13.5 Å². The Kier molecular flexibility index (Phi) is 6.00. The first-order chi connectivity index (χ1) is 7.33. The van der Waals surface area contributed by atoms with Crippen molar-refractivity contribution in [1.82, 2.24) is 20.1 Å². The summed E-state index contributed by atoms with van der Waals surface area (Å²) < 4.78 is 1.75. The zero-order valence-electron chi connectivity index (χ0n) is 9.87. The van der Waals surface area contributed by atoms with Crippen LogP contribution >= 0.6 is 0 Å². The maximum atomic E-state index is 4.22. The maximum absolute atomic E-state index is 4.22. The summed E-state index contributed by atoms with van der Waals surface area (Å²) in [6.07, 6.45) is 7.95. The lowest BCUT2D eigenvalue weighted by Crippen LogP contribution is -2.19. The van der Waals surface area contributed by atoms with Crippen molar-refractivity contribution in [1.29, 1.82) is 0 Å². The fraction of sp³-hybridized carbons (Fsp3) is 0.818. The van der Waals surface area contributed by atoms with Crippen molar-refractivity contribution in [2.75, 3.05) is 13.1 Å². The van der Waals surface area contributed by atoms with E-state index in [1.807, 2.05) is 7.05 Å². The van der Waals surface area contributed by atoms with Crippen LogP contribution in [0.4, 0.5) is 0 Å². The molecule has 0 saturated heterocycles. The fourth-order valence-corrected chi connectivity index (χ4v) is 1.50. The van der Waals surface area contributed by atoms with Gasteiger partial charge in [-0.15, -0.1) is 0 Å². The summed E-state index contributed by atoms with van der Waals surface area (Å²) in [5, 5.41) is 7.64. The molecule has 0 saturated carbocycles. The van der Waals surface area contributed by atoms with Gasteiger partial charge in [-0.1, -0.05) is 26.2 Å². The van der Waals surface area contributed by atoms with E-state index in [4.69, 9.17) is 0 Å². The largest absolute Gasteiger partial charge is 0.316 e. The zero-order chi connectivity index (χ0) is 10.9. The molecule has 0 unspecified atom stereocenters. The molecule has 1 heterocycles. The summed E-state index contributed by atoms with van der Waals surface area (Å²) in [6, 6.07) is 0. The molecular formula is C11H22N4. The molecule has 4 nitrogen and oxygen atoms in total. The third-order valence-electron chi connectivity index (χ3n) is 2.38. The average Bonchev–Trinajstić information content (AvgIpc) is 2.63. The van der Waals surface area contributed by atoms with Crippen LogP contribution in [0.15, 0.2) is 6.33 Å². The number of hydrogen-bond donors (Lipinski definition) is 1. The second-order valence-corrected chi connectivity index (χ2v) is 3.90. The smallest absolute Gasteiger partial charge is 0.151 e. The average molecular weight is 210 g/mol. The van der Waals surface area contributed by atoms with E-state index in [1.165, 1.54) is 25.7 Å². The Hall–Kier alpha value is -0.900. The lowest BCUT2D eigenvalue weighted by molar-refractivity contribution is 0.592. The van der Waals surface area contributed by atoms with Crippen LogP contribution in [0.25, 0.3) is 0 Å². The van der Waals surface area contributed by atoms with Gasteiger partial charge >= 0.3 is 0 Å². The highest BCUT2D eigenvalue weighted by Gasteiger charge is 1.97. The molecule has 0 radical (unpaired) electrons. The Labute approximate surface area is 92.1 Å². The molecule has 0 aromatic carbocycles. The molecule has 1 aromatic heterocycles. The van der Waals surface area contributed by atoms with Crippen LogP contribution in [0.3, 0.4) is 0 Å². The number of unbranched alkanes of at least 4 members (excludes halogenated alkanes) is 3. The second-order valence-electron chi connectivity index (χ2n) is 3.90. The third kappa shape index (κ3) is 5.52. The Bertz CT molecular complexity index is 257. The monoisotopic (exact) mass is 210 g/mol. The Balaban J connectivity index is 1.93. The first kappa shape index (κ1) is 12.2. The van der Waals surface area contributed by atoms with Gasteiger partial charge in [0.1, 0.15) is 6.33 Å². The van der Waals surface area contributed by atoms with Crippen molar-refractivity contribution in [2.24, 2.45) is 7.05 Å². The summed E-state index contributed by atoms with van der Waals surface area (Å²) in [5.74, 6) is 0.929. The normalized spacial score (nSPS) is 10.8. The van der Waals surface area contributed by atoms with Crippen molar-refractivity contribution < 1.29 is 0 Å². The number of nitrogens with one attached hydrogen (secondary N) is 1. The minimum absolute atomic E-state index is 0.925. The molecule has 0 fully saturated rings. The molecule has 1 rings (SSSR count). The van der Waals surface area contributed by atoms with Crippen LogP contribution in [0.1, 0.15) is 38.4 Å². The number of aromatic nitrogens is 3. The van der Waals surface area contributed by atoms with Crippen molar-refractivity contribution in [3.05, 3.63) is 12.2 Å². The van der Waals surface area contributed by atoms with E-state index in [1.54, 1.807) is 11.0 Å². The van der Waals surface area contributed by atoms with Crippen LogP contribution in [0.5, 0.6) is 0 Å². The summed E-state index contributed by atoms with van der Waals surface area (Å²) in [6.45, 7) is 4.34. The molecule has 0 aliphatic rings. The molecule has 1 aromatic rings. The highest BCUT2D eigenvalue weighted by Crippen LogP contribution is 1.97. The topological polar surface area (TPSA) is 42.7 Å². The van der Waals surface area contributed by atoms with E-state index in [0.29, 0.717) is 0 Å². The van der Waals surface area contributed by atoms with E-state index >= 15 is 0 Å². The van der Waals surface area contributed by atoms with Crippen LogP contribution in [0.2, 0.25) is 0 Å². The first-order valence-corrected chi connectivity index (χ1v) is 5.88. The van der Waals surface area contributed by atoms with Gasteiger partial charge in [-0.05, 0) is 13.0 Å². The summed E-state index contributed by atoms with van der Waals surface area (Å²) in [7, 11) is 1.90. The van der Waals surface area contributed by atoms with Crippen LogP contribution < -0.4 is 5.32 Å². The maximum Gasteiger partial charge on any atom is 0.151 e. The lowest BCUT2D eigenvalue weighted by atomic mass is 10.2. The highest BCUT2D eigenvalue weighted by molar-refractivity contribution is 4.81. The Morgan fingerprint density at radius 1 is 1.27 bits per heavy atom. The standard InChI is InChI=1S/C11H22N4/c1-3-4-5-6-8-12-9-7-11-13-10-15(2)14-11/h10,12H,3-9H2,1-2H3. The van der Waals surface area contributed by atoms with E-state index in [0.717, 1.165) is 25.3 Å². The first-order valence-electron chi connectivity index (χ1n) is 5.88. The van der Waals surface area contributed by atoms with Crippen molar-refractivity contribution in [3.8, 4) is 0 Å². The molecule has 0 bridgehead atoms. The van der Waals surface area contributed by atoms with Gasteiger partial charge in [0.15, 0.2) is 5.82 Å². The summed E-state index contributed by atoms with van der Waals surface area (Å²) >= 11 is 0. The van der Waals surface area contributed by atoms with E-state index in [-0.39, 0.29) is 0 Å². The van der Waals surface area contributed by atoms with E-state index in [9.17, 15) is 0 Å². The molecule has 0 aliphatic carbocycles. The molecule has 15 heavy (non-hydrogen) atoms. The SMILES string of the molecule is CCCCCCNCCc1ncn(C)n1. The lowest BCUT2D eigenvalue weighted by Gasteiger charge is -2.02. The minimum Gasteiger partial charge on any atom is -0.316 e. The van der Waals surface area contributed by atoms with Crippen molar-refractivity contribution in [2.45, 2.75) is 39.0 Å². The van der Waals surface area contributed by atoms with Gasteiger partial charge in [0.2, 0.25) is 0 Å². The van der Waals surface area contributed by atoms with Crippen LogP contribution in [0, 0.1) is 0 Å². The molecule has 0 aliphatic heterocycles. The van der Waals surface area contributed by atoms with Gasteiger partial charge in [0.05, 0.1) is 0 Å². The molecule has 86 valence electrons. The Morgan fingerprint density at radius 3 is 2.80 bits per heavy atom. The summed E-state index contributed by atoms with van der Waals surface area (Å²) in [5.41, 5.74) is 0. The molecule has 4 heteroatoms. The van der Waals surface area contributed by atoms with Crippen LogP contribution in [-0.4, -0.2) is 27.9 Å². The Morgan fingerprint density at radius 2 is 2.13 bits per heavy atom. The molecule has 0 amide bonds. The fourth-order valence-electron chi connectivity index (χ4n) is 1.50. The zero-order valence-corrected chi connectivity index (χ0v) is 9.87. The van der Waals surface area contributed by atoms with Gasteiger partial charge in [0, 0.05) is 20.0 Å². The predicted octanol–water partition coefficient (Wildman–Crippen LogP) is 1.53. The number of hydrogen-bond acceptors (Lipinski definition) is 3. The van der Waals surface area contributed by atoms with Gasteiger partial charge in [0.25, 0.3) is 0 Å². The predicted molar refractivity (Wildman–Crippen MR) is 61.7 cm³/mol. The second kappa shape index (κ2) is 7.40. The number of rotatable bonds is 8. The van der Waals surface area contributed by atoms with Gasteiger partial charge < -0.3 is 5.32 Å². The molecular weight excluding hydrogens is 188 g/mol. The van der Waals surface area contributed by atoms with Gasteiger partial charge in [-0.2, -0.15) is 5.10 Å². The van der Waals surface area contributed by atoms with Gasteiger partial charge in [-0.3, -0.25) is 4.68 Å². The van der Waals surface area contributed by atoms with Crippen molar-refractivity contribution >= 4 is 0 Å². The number of aryl methyl sites for hydroxylation is 1. The van der Waals surface area contributed by atoms with E-state index in [2.05, 4.69) is 22.3 Å². The van der Waals surface area contributed by atoms with Crippen molar-refractivity contribution in [3.63, 3.8) is 0 Å². The molecule has 0 atom stereocenters. The number of nitrogens with zero attached hydrogens (tertiary/aromatic N) is 3.